The molecule has 2 heterocycles. The number of rotatable bonds is 6. The molecule has 0 aliphatic carbocycles. The van der Waals surface area contributed by atoms with E-state index in [1.54, 1.807) is 13.1 Å². The summed E-state index contributed by atoms with van der Waals surface area (Å²) in [5, 5.41) is 10.1. The molecule has 0 amide bonds. The highest BCUT2D eigenvalue weighted by molar-refractivity contribution is 5.57. The smallest absolute Gasteiger partial charge is 0.330 e. The van der Waals surface area contributed by atoms with E-state index < -0.39 is 28.5 Å². The molecule has 36 heavy (non-hydrogen) atoms. The second-order valence-corrected chi connectivity index (χ2v) is 9.29. The Morgan fingerprint density at radius 3 is 2.17 bits per heavy atom. The summed E-state index contributed by atoms with van der Waals surface area (Å²) in [6.07, 6.45) is 1.98. The minimum atomic E-state index is -1.33. The Labute approximate surface area is 208 Å². The zero-order chi connectivity index (χ0) is 25.3. The van der Waals surface area contributed by atoms with Gasteiger partial charge in [-0.1, -0.05) is 72.8 Å². The van der Waals surface area contributed by atoms with Crippen LogP contribution in [0.4, 0.5) is 5.69 Å². The lowest BCUT2D eigenvalue weighted by atomic mass is 9.61. The first-order valence-corrected chi connectivity index (χ1v) is 12.0. The van der Waals surface area contributed by atoms with Crippen LogP contribution in [0.2, 0.25) is 0 Å². The molecule has 0 bridgehead atoms. The Kier molecular flexibility index (Phi) is 6.12. The number of hydrogen-bond donors (Lipinski definition) is 3. The van der Waals surface area contributed by atoms with E-state index in [9.17, 15) is 14.7 Å². The van der Waals surface area contributed by atoms with Gasteiger partial charge in [-0.2, -0.15) is 0 Å². The molecule has 1 aromatic heterocycles. The maximum atomic E-state index is 13.5. The molecule has 7 heteroatoms. The summed E-state index contributed by atoms with van der Waals surface area (Å²) in [6.45, 7) is 1.46. The molecular weight excluding hydrogens is 454 g/mol. The van der Waals surface area contributed by atoms with Crippen molar-refractivity contribution >= 4 is 5.69 Å². The molecular formula is C29H29N3O4. The predicted molar refractivity (Wildman–Crippen MR) is 139 cm³/mol. The van der Waals surface area contributed by atoms with Crippen molar-refractivity contribution in [3.63, 3.8) is 0 Å². The number of aromatic nitrogens is 2. The lowest BCUT2D eigenvalue weighted by molar-refractivity contribution is -0.144. The third-order valence-electron chi connectivity index (χ3n) is 7.20. The highest BCUT2D eigenvalue weighted by atomic mass is 16.5. The number of benzene rings is 3. The molecule has 4 aromatic rings. The van der Waals surface area contributed by atoms with E-state index >= 15 is 0 Å². The summed E-state index contributed by atoms with van der Waals surface area (Å²) < 4.78 is 8.28. The van der Waals surface area contributed by atoms with Crippen LogP contribution < -0.4 is 17.0 Å². The van der Waals surface area contributed by atoms with Crippen molar-refractivity contribution in [2.75, 3.05) is 12.3 Å². The number of nitrogen functional groups attached to an aromatic ring is 1. The number of aryl methyl sites for hydroxylation is 1. The molecule has 0 radical (unpaired) electrons. The van der Waals surface area contributed by atoms with E-state index in [1.807, 2.05) is 84.9 Å². The molecule has 1 aliphatic heterocycles. The lowest BCUT2D eigenvalue weighted by Gasteiger charge is -2.50. The van der Waals surface area contributed by atoms with Crippen LogP contribution in [0.25, 0.3) is 0 Å². The minimum Gasteiger partial charge on any atom is -0.399 e. The summed E-state index contributed by atoms with van der Waals surface area (Å²) in [5.74, 6) is 0. The average Bonchev–Trinajstić information content (AvgIpc) is 3.33. The molecule has 0 spiro atoms. The number of ether oxygens (including phenoxy) is 1. The molecule has 5 rings (SSSR count). The first-order valence-electron chi connectivity index (χ1n) is 12.0. The summed E-state index contributed by atoms with van der Waals surface area (Å²) in [5.41, 5.74) is 6.45. The van der Waals surface area contributed by atoms with E-state index in [1.165, 1.54) is 4.57 Å². The number of hydrogen-bond acceptors (Lipinski definition) is 5. The standard InChI is InChI=1S/C29H29N3O4/c1-20-18-32(27(35)31-26(20)34)28(16-15-25(19-33)36-28)29(21-9-4-2-5-10-21,22-11-6-3-7-12-22)23-13-8-14-24(30)17-23/h2-14,17-18,25,33H,15-16,19,30H2,1H3,(H,31,34,35)/t25-,28-/m0/s1. The zero-order valence-corrected chi connectivity index (χ0v) is 20.1. The minimum absolute atomic E-state index is 0.199. The first kappa shape index (κ1) is 23.8. The first-order chi connectivity index (χ1) is 17.4. The van der Waals surface area contributed by atoms with Gasteiger partial charge in [-0.15, -0.1) is 0 Å². The summed E-state index contributed by atoms with van der Waals surface area (Å²) in [7, 11) is 0. The number of H-pyrrole nitrogens is 1. The van der Waals surface area contributed by atoms with Crippen LogP contribution in [0.5, 0.6) is 0 Å². The third-order valence-corrected chi connectivity index (χ3v) is 7.20. The normalized spacial score (nSPS) is 19.9. The molecule has 1 aliphatic rings. The van der Waals surface area contributed by atoms with Crippen LogP contribution in [0.15, 0.2) is 101 Å². The van der Waals surface area contributed by atoms with Gasteiger partial charge >= 0.3 is 5.69 Å². The van der Waals surface area contributed by atoms with Crippen molar-refractivity contribution in [2.45, 2.75) is 37.0 Å². The largest absolute Gasteiger partial charge is 0.399 e. The van der Waals surface area contributed by atoms with Crippen LogP contribution in [0.3, 0.4) is 0 Å². The van der Waals surface area contributed by atoms with Gasteiger partial charge in [0.1, 0.15) is 0 Å². The van der Waals surface area contributed by atoms with Gasteiger partial charge in [0, 0.05) is 17.4 Å². The number of aliphatic hydroxyl groups excluding tert-OH is 1. The molecule has 3 aromatic carbocycles. The van der Waals surface area contributed by atoms with Crippen molar-refractivity contribution in [3.05, 3.63) is 134 Å². The van der Waals surface area contributed by atoms with Crippen molar-refractivity contribution in [2.24, 2.45) is 0 Å². The predicted octanol–water partition coefficient (Wildman–Crippen LogP) is 3.29. The summed E-state index contributed by atoms with van der Waals surface area (Å²) in [6, 6.07) is 27.3. The lowest BCUT2D eigenvalue weighted by Crippen LogP contribution is -2.59. The van der Waals surface area contributed by atoms with Crippen LogP contribution in [0.1, 0.15) is 35.1 Å². The summed E-state index contributed by atoms with van der Waals surface area (Å²) >= 11 is 0. The van der Waals surface area contributed by atoms with Gasteiger partial charge in [0.2, 0.25) is 0 Å². The Hall–Kier alpha value is -3.94. The van der Waals surface area contributed by atoms with Crippen LogP contribution >= 0.6 is 0 Å². The van der Waals surface area contributed by atoms with Gasteiger partial charge < -0.3 is 15.6 Å². The number of aliphatic hydroxyl groups is 1. The maximum absolute atomic E-state index is 13.5. The molecule has 1 saturated heterocycles. The Balaban J connectivity index is 2.00. The fourth-order valence-electron chi connectivity index (χ4n) is 5.67. The molecule has 2 atom stereocenters. The maximum Gasteiger partial charge on any atom is 0.330 e. The van der Waals surface area contributed by atoms with Crippen molar-refractivity contribution in [1.82, 2.24) is 9.55 Å². The van der Waals surface area contributed by atoms with Crippen LogP contribution in [0, 0.1) is 6.92 Å². The number of nitrogens with one attached hydrogen (secondary N) is 1. The van der Waals surface area contributed by atoms with Crippen molar-refractivity contribution < 1.29 is 9.84 Å². The molecule has 0 unspecified atom stereocenters. The molecule has 7 nitrogen and oxygen atoms in total. The fourth-order valence-corrected chi connectivity index (χ4v) is 5.67. The van der Waals surface area contributed by atoms with E-state index in [0.29, 0.717) is 24.1 Å². The van der Waals surface area contributed by atoms with E-state index in [2.05, 4.69) is 4.98 Å². The van der Waals surface area contributed by atoms with E-state index in [0.717, 1.165) is 16.7 Å². The summed E-state index contributed by atoms with van der Waals surface area (Å²) in [4.78, 5) is 28.4. The molecule has 1 fully saturated rings. The van der Waals surface area contributed by atoms with E-state index in [-0.39, 0.29) is 6.61 Å². The van der Waals surface area contributed by atoms with Crippen LogP contribution in [-0.2, 0) is 15.9 Å². The highest BCUT2D eigenvalue weighted by Gasteiger charge is 2.61. The second kappa shape index (κ2) is 9.26. The van der Waals surface area contributed by atoms with Crippen LogP contribution in [-0.4, -0.2) is 27.4 Å². The highest BCUT2D eigenvalue weighted by Crippen LogP contribution is 2.56. The quantitative estimate of drug-likeness (QED) is 0.288. The van der Waals surface area contributed by atoms with Gasteiger partial charge in [0.25, 0.3) is 5.56 Å². The average molecular weight is 484 g/mol. The molecule has 0 saturated carbocycles. The Morgan fingerprint density at radius 2 is 1.61 bits per heavy atom. The SMILES string of the molecule is Cc1cn([C@@]2(C(c3ccccc3)(c3ccccc3)c3cccc(N)c3)CC[C@@H](CO)O2)c(=O)[nH]c1=O. The number of anilines is 1. The third kappa shape index (κ3) is 3.59. The zero-order valence-electron chi connectivity index (χ0n) is 20.1. The van der Waals surface area contributed by atoms with Crippen molar-refractivity contribution in [1.29, 1.82) is 0 Å². The van der Waals surface area contributed by atoms with E-state index in [4.69, 9.17) is 10.5 Å². The van der Waals surface area contributed by atoms with Gasteiger partial charge in [-0.3, -0.25) is 14.3 Å². The Morgan fingerprint density at radius 1 is 1.00 bits per heavy atom. The van der Waals surface area contributed by atoms with Gasteiger partial charge in [-0.05, 0) is 48.6 Å². The number of nitrogens with two attached hydrogens (primary N) is 1. The number of aromatic amines is 1. The second-order valence-electron chi connectivity index (χ2n) is 9.29. The van der Waals surface area contributed by atoms with Gasteiger partial charge in [0.05, 0.1) is 18.1 Å². The fraction of sp³-hybridized carbons (Fsp3) is 0.241. The van der Waals surface area contributed by atoms with Gasteiger partial charge in [-0.25, -0.2) is 4.79 Å². The Bertz CT molecular complexity index is 1440. The van der Waals surface area contributed by atoms with Gasteiger partial charge in [0.15, 0.2) is 5.72 Å². The number of nitrogens with zero attached hydrogens (tertiary/aromatic N) is 1. The molecule has 4 N–H and O–H groups in total. The topological polar surface area (TPSA) is 110 Å². The van der Waals surface area contributed by atoms with Crippen molar-refractivity contribution in [3.8, 4) is 0 Å². The monoisotopic (exact) mass is 483 g/mol. The molecule has 184 valence electrons.